The van der Waals surface area contributed by atoms with Gasteiger partial charge in [0.25, 0.3) is 5.91 Å². The van der Waals surface area contributed by atoms with Crippen LogP contribution in [0.15, 0.2) is 42.5 Å². The van der Waals surface area contributed by atoms with Crippen LogP contribution in [0.5, 0.6) is 0 Å². The van der Waals surface area contributed by atoms with E-state index in [9.17, 15) is 23.2 Å². The van der Waals surface area contributed by atoms with Gasteiger partial charge in [-0.15, -0.1) is 0 Å². The molecule has 1 unspecified atom stereocenters. The molecule has 0 aliphatic rings. The van der Waals surface area contributed by atoms with Crippen LogP contribution in [0.2, 0.25) is 0 Å². The van der Waals surface area contributed by atoms with Crippen LogP contribution in [-0.2, 0) is 9.59 Å². The Morgan fingerprint density at radius 3 is 2.11 bits per heavy atom. The van der Waals surface area contributed by atoms with E-state index in [1.807, 2.05) is 0 Å². The number of aliphatic hydroxyl groups is 1. The van der Waals surface area contributed by atoms with Crippen molar-refractivity contribution in [1.82, 2.24) is 10.2 Å². The highest BCUT2D eigenvalue weighted by Gasteiger charge is 2.32. The largest absolute Gasteiger partial charge is 0.388 e. The quantitative estimate of drug-likeness (QED) is 0.746. The molecule has 8 heteroatoms. The van der Waals surface area contributed by atoms with Crippen molar-refractivity contribution in [2.45, 2.75) is 6.04 Å². The molecule has 1 atom stereocenters. The third kappa shape index (κ3) is 4.17. The van der Waals surface area contributed by atoms with Crippen molar-refractivity contribution in [3.8, 4) is 11.1 Å². The molecule has 0 heterocycles. The van der Waals surface area contributed by atoms with Gasteiger partial charge in [-0.1, -0.05) is 18.2 Å². The standard InChI is InChI=1S/C19H18F2N2O4/c1-22-18(26)17(15(25)10-24)23(2)19(27)12-8-6-11(7-9-12)16-13(20)4-3-5-14(16)21/h3-9,17,24H,10H2,1-2H3,(H,22,26). The third-order valence-corrected chi connectivity index (χ3v) is 4.05. The number of carbonyl (C=O) groups is 3. The number of ketones is 1. The Morgan fingerprint density at radius 1 is 1.07 bits per heavy atom. The first kappa shape index (κ1) is 20.2. The van der Waals surface area contributed by atoms with Crippen LogP contribution in [0.1, 0.15) is 10.4 Å². The molecule has 142 valence electrons. The van der Waals surface area contributed by atoms with Crippen LogP contribution in [0.4, 0.5) is 8.78 Å². The fraction of sp³-hybridized carbons (Fsp3) is 0.211. The maximum Gasteiger partial charge on any atom is 0.254 e. The molecule has 0 radical (unpaired) electrons. The number of nitrogens with zero attached hydrogens (tertiary/aromatic N) is 1. The Morgan fingerprint density at radius 2 is 1.63 bits per heavy atom. The molecule has 0 aliphatic heterocycles. The van der Waals surface area contributed by atoms with Crippen LogP contribution < -0.4 is 5.32 Å². The summed E-state index contributed by atoms with van der Waals surface area (Å²) < 4.78 is 27.7. The number of amides is 2. The molecule has 0 spiro atoms. The van der Waals surface area contributed by atoms with E-state index < -0.39 is 41.9 Å². The normalized spacial score (nSPS) is 11.6. The molecule has 6 nitrogen and oxygen atoms in total. The molecule has 0 saturated carbocycles. The van der Waals surface area contributed by atoms with Crippen molar-refractivity contribution in [3.63, 3.8) is 0 Å². The zero-order chi connectivity index (χ0) is 20.1. The highest BCUT2D eigenvalue weighted by molar-refractivity contribution is 6.10. The molecule has 2 aromatic carbocycles. The SMILES string of the molecule is CNC(=O)C(C(=O)CO)N(C)C(=O)c1ccc(-c2c(F)cccc2F)cc1. The van der Waals surface area contributed by atoms with Gasteiger partial charge in [-0.05, 0) is 29.8 Å². The second-order valence-corrected chi connectivity index (χ2v) is 5.73. The summed E-state index contributed by atoms with van der Waals surface area (Å²) in [6.45, 7) is -0.902. The lowest BCUT2D eigenvalue weighted by atomic mass is 10.0. The molecular weight excluding hydrogens is 358 g/mol. The number of rotatable bonds is 6. The van der Waals surface area contributed by atoms with Crippen LogP contribution in [-0.4, -0.2) is 54.3 Å². The van der Waals surface area contributed by atoms with Gasteiger partial charge in [0.1, 0.15) is 18.2 Å². The fourth-order valence-electron chi connectivity index (χ4n) is 2.64. The Hall–Kier alpha value is -3.13. The second-order valence-electron chi connectivity index (χ2n) is 5.73. The topological polar surface area (TPSA) is 86.7 Å². The van der Waals surface area contributed by atoms with E-state index in [2.05, 4.69) is 5.32 Å². The Bertz CT molecular complexity index is 832. The van der Waals surface area contributed by atoms with E-state index >= 15 is 0 Å². The molecule has 2 rings (SSSR count). The number of nitrogens with one attached hydrogen (secondary N) is 1. The van der Waals surface area contributed by atoms with Crippen molar-refractivity contribution >= 4 is 17.6 Å². The number of hydrogen-bond donors (Lipinski definition) is 2. The fourth-order valence-corrected chi connectivity index (χ4v) is 2.64. The predicted molar refractivity (Wildman–Crippen MR) is 93.8 cm³/mol. The van der Waals surface area contributed by atoms with E-state index in [0.29, 0.717) is 0 Å². The zero-order valence-corrected chi connectivity index (χ0v) is 14.7. The van der Waals surface area contributed by atoms with Crippen LogP contribution in [0.25, 0.3) is 11.1 Å². The minimum absolute atomic E-state index is 0.109. The van der Waals surface area contributed by atoms with Gasteiger partial charge in [-0.2, -0.15) is 0 Å². The van der Waals surface area contributed by atoms with E-state index in [4.69, 9.17) is 5.11 Å². The molecule has 2 aromatic rings. The van der Waals surface area contributed by atoms with Crippen LogP contribution in [0, 0.1) is 11.6 Å². The van der Waals surface area contributed by atoms with Crippen LogP contribution in [0.3, 0.4) is 0 Å². The monoisotopic (exact) mass is 376 g/mol. The van der Waals surface area contributed by atoms with Gasteiger partial charge >= 0.3 is 0 Å². The number of hydrogen-bond acceptors (Lipinski definition) is 4. The zero-order valence-electron chi connectivity index (χ0n) is 14.7. The minimum atomic E-state index is -1.49. The van der Waals surface area contributed by atoms with Crippen molar-refractivity contribution in [3.05, 3.63) is 59.7 Å². The number of benzene rings is 2. The lowest BCUT2D eigenvalue weighted by Crippen LogP contribution is -2.52. The molecule has 0 saturated heterocycles. The van der Waals surface area contributed by atoms with Gasteiger partial charge in [0.15, 0.2) is 11.8 Å². The first-order valence-corrected chi connectivity index (χ1v) is 7.98. The number of aliphatic hydroxyl groups excluding tert-OH is 1. The van der Waals surface area contributed by atoms with E-state index in [0.717, 1.165) is 17.0 Å². The molecule has 0 bridgehead atoms. The predicted octanol–water partition coefficient (Wildman–Crippen LogP) is 1.38. The second kappa shape index (κ2) is 8.50. The Balaban J connectivity index is 2.31. The maximum atomic E-state index is 13.9. The maximum absolute atomic E-state index is 13.9. The van der Waals surface area contributed by atoms with Gasteiger partial charge in [-0.25, -0.2) is 8.78 Å². The number of likely N-dealkylation sites (N-methyl/N-ethyl adjacent to an activating group) is 2. The summed E-state index contributed by atoms with van der Waals surface area (Å²) in [5.41, 5.74) is 0.125. The van der Waals surface area contributed by atoms with Gasteiger partial charge < -0.3 is 15.3 Å². The van der Waals surface area contributed by atoms with Gasteiger partial charge in [0.2, 0.25) is 5.91 Å². The molecular formula is C19H18F2N2O4. The summed E-state index contributed by atoms with van der Waals surface area (Å²) in [4.78, 5) is 37.2. The van der Waals surface area contributed by atoms with Crippen molar-refractivity contribution in [1.29, 1.82) is 0 Å². The highest BCUT2D eigenvalue weighted by Crippen LogP contribution is 2.26. The Kier molecular flexibility index (Phi) is 6.36. The molecule has 2 N–H and O–H groups in total. The van der Waals surface area contributed by atoms with E-state index in [1.165, 1.54) is 44.4 Å². The summed E-state index contributed by atoms with van der Waals surface area (Å²) in [5, 5.41) is 11.3. The summed E-state index contributed by atoms with van der Waals surface area (Å²) in [6, 6.07) is 7.42. The summed E-state index contributed by atoms with van der Waals surface area (Å²) in [6.07, 6.45) is 0. The summed E-state index contributed by atoms with van der Waals surface area (Å²) >= 11 is 0. The summed E-state index contributed by atoms with van der Waals surface area (Å²) in [5.74, 6) is -3.71. The number of halogens is 2. The van der Waals surface area contributed by atoms with Crippen LogP contribution >= 0.6 is 0 Å². The first-order chi connectivity index (χ1) is 12.8. The van der Waals surface area contributed by atoms with Crippen molar-refractivity contribution < 1.29 is 28.3 Å². The van der Waals surface area contributed by atoms with Gasteiger partial charge in [0, 0.05) is 19.7 Å². The average molecular weight is 376 g/mol. The molecule has 0 fully saturated rings. The minimum Gasteiger partial charge on any atom is -0.388 e. The Labute approximate surface area is 154 Å². The van der Waals surface area contributed by atoms with E-state index in [-0.39, 0.29) is 16.7 Å². The van der Waals surface area contributed by atoms with Crippen molar-refractivity contribution in [2.24, 2.45) is 0 Å². The van der Waals surface area contributed by atoms with Gasteiger partial charge in [0.05, 0.1) is 5.56 Å². The smallest absolute Gasteiger partial charge is 0.254 e. The lowest BCUT2D eigenvalue weighted by molar-refractivity contribution is -0.135. The highest BCUT2D eigenvalue weighted by atomic mass is 19.1. The average Bonchev–Trinajstić information content (AvgIpc) is 2.67. The molecule has 0 aliphatic carbocycles. The lowest BCUT2D eigenvalue weighted by Gasteiger charge is -2.25. The first-order valence-electron chi connectivity index (χ1n) is 7.98. The molecule has 2 amide bonds. The van der Waals surface area contributed by atoms with Crippen molar-refractivity contribution in [2.75, 3.05) is 20.7 Å². The summed E-state index contributed by atoms with van der Waals surface area (Å²) in [7, 11) is 2.55. The molecule has 27 heavy (non-hydrogen) atoms. The van der Waals surface area contributed by atoms with Gasteiger partial charge in [-0.3, -0.25) is 14.4 Å². The third-order valence-electron chi connectivity index (χ3n) is 4.05. The molecule has 0 aromatic heterocycles. The number of Topliss-reactive ketones (excluding diaryl/α,β-unsaturated/α-hetero) is 1. The number of carbonyl (C=O) groups excluding carboxylic acids is 3. The van der Waals surface area contributed by atoms with E-state index in [1.54, 1.807) is 0 Å².